The van der Waals surface area contributed by atoms with Crippen molar-refractivity contribution >= 4 is 11.1 Å². The van der Waals surface area contributed by atoms with Crippen LogP contribution >= 0.6 is 0 Å². The highest BCUT2D eigenvalue weighted by molar-refractivity contribution is 7.78. The van der Waals surface area contributed by atoms with E-state index in [4.69, 9.17) is 9.81 Å². The van der Waals surface area contributed by atoms with Crippen LogP contribution in [0.4, 0.5) is 0 Å². The van der Waals surface area contributed by atoms with Crippen LogP contribution in [0.2, 0.25) is 0 Å². The first kappa shape index (κ1) is 8.91. The molecule has 0 saturated carbocycles. The lowest BCUT2D eigenvalue weighted by Crippen LogP contribution is -1.92. The average Bonchev–Trinajstić information content (AvgIpc) is 2.03. The van der Waals surface area contributed by atoms with Gasteiger partial charge in [-0.3, -0.25) is 0 Å². The molecule has 0 aliphatic carbocycles. The van der Waals surface area contributed by atoms with Crippen molar-refractivity contribution in [1.82, 2.24) is 0 Å². The van der Waals surface area contributed by atoms with Gasteiger partial charge >= 0.3 is 0 Å². The summed E-state index contributed by atoms with van der Waals surface area (Å²) in [5.74, 6) is 0.0789. The fraction of sp³-hybridized carbons (Fsp3) is 0.125. The van der Waals surface area contributed by atoms with E-state index in [9.17, 15) is 4.21 Å². The zero-order valence-corrected chi connectivity index (χ0v) is 7.04. The maximum atomic E-state index is 10.4. The molecule has 1 aromatic rings. The number of nitrogens with zero attached hydrogens (tertiary/aromatic N) is 1. The van der Waals surface area contributed by atoms with E-state index in [2.05, 4.69) is 0 Å². The molecule has 0 aliphatic heterocycles. The largest absolute Gasteiger partial charge is 0.306 e. The minimum absolute atomic E-state index is 0.0789. The van der Waals surface area contributed by atoms with Crippen molar-refractivity contribution in [2.24, 2.45) is 0 Å². The molecule has 0 aromatic heterocycles. The minimum Gasteiger partial charge on any atom is -0.306 e. The van der Waals surface area contributed by atoms with E-state index in [1.807, 2.05) is 6.07 Å². The predicted octanol–water partition coefficient (Wildman–Crippen LogP) is 1.28. The highest BCUT2D eigenvalue weighted by Crippen LogP contribution is 2.05. The molecule has 1 N–H and O–H groups in total. The molecule has 12 heavy (non-hydrogen) atoms. The van der Waals surface area contributed by atoms with Gasteiger partial charge < -0.3 is 4.55 Å². The smallest absolute Gasteiger partial charge is 0.157 e. The molecule has 1 aromatic carbocycles. The van der Waals surface area contributed by atoms with Gasteiger partial charge in [0.15, 0.2) is 11.1 Å². The van der Waals surface area contributed by atoms with Gasteiger partial charge in [0.2, 0.25) is 0 Å². The van der Waals surface area contributed by atoms with E-state index in [0.29, 0.717) is 11.1 Å². The van der Waals surface area contributed by atoms with Gasteiger partial charge in [0.1, 0.15) is 0 Å². The van der Waals surface area contributed by atoms with E-state index < -0.39 is 11.1 Å². The number of hydrogen-bond acceptors (Lipinski definition) is 2. The van der Waals surface area contributed by atoms with Crippen molar-refractivity contribution in [3.63, 3.8) is 0 Å². The molecule has 62 valence electrons. The Morgan fingerprint density at radius 1 is 1.58 bits per heavy atom. The molecule has 0 aliphatic rings. The van der Waals surface area contributed by atoms with Crippen LogP contribution < -0.4 is 0 Å². The molecule has 0 bridgehead atoms. The molecule has 1 rings (SSSR count). The summed E-state index contributed by atoms with van der Waals surface area (Å²) in [6.07, 6.45) is 0. The van der Waals surface area contributed by atoms with Gasteiger partial charge in [0.25, 0.3) is 0 Å². The Labute approximate surface area is 72.9 Å². The van der Waals surface area contributed by atoms with Crippen molar-refractivity contribution in [1.29, 1.82) is 5.26 Å². The van der Waals surface area contributed by atoms with Crippen LogP contribution in [0.1, 0.15) is 11.1 Å². The Kier molecular flexibility index (Phi) is 2.97. The number of benzene rings is 1. The van der Waals surface area contributed by atoms with Crippen LogP contribution in [-0.4, -0.2) is 8.76 Å². The Bertz CT molecular complexity index is 343. The van der Waals surface area contributed by atoms with E-state index in [1.54, 1.807) is 24.3 Å². The second-order valence-corrected chi connectivity index (χ2v) is 3.21. The topological polar surface area (TPSA) is 61.1 Å². The fourth-order valence-electron chi connectivity index (χ4n) is 0.873. The van der Waals surface area contributed by atoms with Crippen LogP contribution in [-0.2, 0) is 16.8 Å². The number of hydrogen-bond donors (Lipinski definition) is 1. The molecule has 4 heteroatoms. The van der Waals surface area contributed by atoms with E-state index in [0.717, 1.165) is 0 Å². The van der Waals surface area contributed by atoms with Gasteiger partial charge in [-0.2, -0.15) is 5.26 Å². The van der Waals surface area contributed by atoms with E-state index >= 15 is 0 Å². The molecule has 0 radical (unpaired) electrons. The molecule has 1 atom stereocenters. The molecule has 0 spiro atoms. The maximum Gasteiger partial charge on any atom is 0.157 e. The van der Waals surface area contributed by atoms with E-state index in [-0.39, 0.29) is 5.75 Å². The predicted molar refractivity (Wildman–Crippen MR) is 45.6 cm³/mol. The van der Waals surface area contributed by atoms with Crippen molar-refractivity contribution in [3.8, 4) is 6.07 Å². The van der Waals surface area contributed by atoms with E-state index in [1.165, 1.54) is 0 Å². The highest BCUT2D eigenvalue weighted by atomic mass is 32.2. The number of nitriles is 1. The van der Waals surface area contributed by atoms with Crippen molar-refractivity contribution in [3.05, 3.63) is 35.4 Å². The first-order chi connectivity index (χ1) is 5.72. The van der Waals surface area contributed by atoms with Crippen LogP contribution in [0.3, 0.4) is 0 Å². The Morgan fingerprint density at radius 3 is 2.92 bits per heavy atom. The summed E-state index contributed by atoms with van der Waals surface area (Å²) in [5.41, 5.74) is 1.22. The molecular weight excluding hydrogens is 174 g/mol. The summed E-state index contributed by atoms with van der Waals surface area (Å²) >= 11 is -1.84. The van der Waals surface area contributed by atoms with Gasteiger partial charge in [-0.05, 0) is 17.7 Å². The van der Waals surface area contributed by atoms with Gasteiger partial charge in [-0.1, -0.05) is 12.1 Å². The fourth-order valence-corrected chi connectivity index (χ4v) is 1.34. The number of rotatable bonds is 2. The first-order valence-corrected chi connectivity index (χ1v) is 4.56. The summed E-state index contributed by atoms with van der Waals surface area (Å²) in [7, 11) is 0. The zero-order chi connectivity index (χ0) is 8.97. The third-order valence-electron chi connectivity index (χ3n) is 1.35. The van der Waals surface area contributed by atoms with Crippen molar-refractivity contribution in [2.45, 2.75) is 5.75 Å². The van der Waals surface area contributed by atoms with Crippen LogP contribution in [0.25, 0.3) is 0 Å². The van der Waals surface area contributed by atoms with Crippen LogP contribution in [0, 0.1) is 11.3 Å². The molecule has 0 saturated heterocycles. The molecule has 0 amide bonds. The Balaban J connectivity index is 2.88. The molecule has 3 nitrogen and oxygen atoms in total. The van der Waals surface area contributed by atoms with Crippen LogP contribution in [0.5, 0.6) is 0 Å². The molecule has 1 unspecified atom stereocenters. The molecule has 0 heterocycles. The maximum absolute atomic E-state index is 10.4. The second kappa shape index (κ2) is 4.00. The lowest BCUT2D eigenvalue weighted by atomic mass is 10.2. The normalized spacial score (nSPS) is 12.0. The lowest BCUT2D eigenvalue weighted by molar-refractivity contribution is 0.563. The quantitative estimate of drug-likeness (QED) is 0.699. The van der Waals surface area contributed by atoms with Gasteiger partial charge in [-0.15, -0.1) is 0 Å². The summed E-state index contributed by atoms with van der Waals surface area (Å²) in [6.45, 7) is 0. The minimum atomic E-state index is -1.84. The monoisotopic (exact) mass is 181 g/mol. The summed E-state index contributed by atoms with van der Waals surface area (Å²) in [4.78, 5) is 0. The van der Waals surface area contributed by atoms with Crippen molar-refractivity contribution in [2.75, 3.05) is 0 Å². The highest BCUT2D eigenvalue weighted by Gasteiger charge is 1.98. The third-order valence-corrected chi connectivity index (χ3v) is 1.93. The molecular formula is C8H7NO2S. The Morgan fingerprint density at radius 2 is 2.33 bits per heavy atom. The average molecular weight is 181 g/mol. The first-order valence-electron chi connectivity index (χ1n) is 3.29. The third kappa shape index (κ3) is 2.46. The van der Waals surface area contributed by atoms with Gasteiger partial charge in [0.05, 0.1) is 17.4 Å². The summed E-state index contributed by atoms with van der Waals surface area (Å²) in [6, 6.07) is 8.63. The van der Waals surface area contributed by atoms with Crippen LogP contribution in [0.15, 0.2) is 24.3 Å². The standard InChI is InChI=1S/C8H7NO2S/c9-5-7-2-1-3-8(4-7)6-12(10)11/h1-4H,6H2,(H,10,11). The van der Waals surface area contributed by atoms with Crippen molar-refractivity contribution < 1.29 is 8.76 Å². The molecule has 0 fully saturated rings. The summed E-state index contributed by atoms with van der Waals surface area (Å²) < 4.78 is 19.0. The second-order valence-electron chi connectivity index (χ2n) is 2.28. The SMILES string of the molecule is N#Cc1cccc(CS(=O)O)c1. The summed E-state index contributed by atoms with van der Waals surface area (Å²) in [5, 5.41) is 8.51. The van der Waals surface area contributed by atoms with Gasteiger partial charge in [-0.25, -0.2) is 4.21 Å². The van der Waals surface area contributed by atoms with Gasteiger partial charge in [0, 0.05) is 0 Å². The Hall–Kier alpha value is -1.18. The lowest BCUT2D eigenvalue weighted by Gasteiger charge is -1.96. The zero-order valence-electron chi connectivity index (χ0n) is 6.23.